The third kappa shape index (κ3) is 3.12. The van der Waals surface area contributed by atoms with Crippen LogP contribution in [0.4, 0.5) is 0 Å². The van der Waals surface area contributed by atoms with Gasteiger partial charge in [-0.15, -0.1) is 0 Å². The molecule has 1 fully saturated rings. The molecule has 1 aliphatic heterocycles. The second kappa shape index (κ2) is 6.35. The minimum absolute atomic E-state index is 0.703. The van der Waals surface area contributed by atoms with Gasteiger partial charge in [-0.05, 0) is 43.3 Å². The highest BCUT2D eigenvalue weighted by molar-refractivity contribution is 5.15. The lowest BCUT2D eigenvalue weighted by Gasteiger charge is -2.31. The molecule has 2 rings (SSSR count). The first-order valence-electron chi connectivity index (χ1n) is 7.20. The number of nitrogens with zero attached hydrogens (tertiary/aromatic N) is 1. The SMILES string of the molecule is CC(C)C1C(CCN)CCN1Cc1ccccc1. The first kappa shape index (κ1) is 13.6. The van der Waals surface area contributed by atoms with Gasteiger partial charge in [0, 0.05) is 12.6 Å². The van der Waals surface area contributed by atoms with Crippen molar-refractivity contribution < 1.29 is 0 Å². The van der Waals surface area contributed by atoms with Crippen LogP contribution in [0.25, 0.3) is 0 Å². The molecule has 0 saturated carbocycles. The fourth-order valence-corrected chi connectivity index (χ4v) is 3.45. The first-order valence-corrected chi connectivity index (χ1v) is 7.20. The Morgan fingerprint density at radius 2 is 2.00 bits per heavy atom. The summed E-state index contributed by atoms with van der Waals surface area (Å²) in [7, 11) is 0. The summed E-state index contributed by atoms with van der Waals surface area (Å²) < 4.78 is 0. The molecule has 1 saturated heterocycles. The Labute approximate surface area is 111 Å². The summed E-state index contributed by atoms with van der Waals surface area (Å²) in [6, 6.07) is 11.5. The summed E-state index contributed by atoms with van der Waals surface area (Å²) in [4.78, 5) is 2.65. The predicted molar refractivity (Wildman–Crippen MR) is 77.3 cm³/mol. The quantitative estimate of drug-likeness (QED) is 0.865. The van der Waals surface area contributed by atoms with Crippen molar-refractivity contribution in [2.45, 2.75) is 39.3 Å². The third-order valence-electron chi connectivity index (χ3n) is 4.14. The van der Waals surface area contributed by atoms with Gasteiger partial charge in [-0.2, -0.15) is 0 Å². The Morgan fingerprint density at radius 3 is 2.61 bits per heavy atom. The van der Waals surface area contributed by atoms with E-state index in [1.54, 1.807) is 0 Å². The number of nitrogens with two attached hydrogens (primary N) is 1. The average Bonchev–Trinajstić information content (AvgIpc) is 2.74. The Morgan fingerprint density at radius 1 is 1.28 bits per heavy atom. The maximum Gasteiger partial charge on any atom is 0.0236 e. The predicted octanol–water partition coefficient (Wildman–Crippen LogP) is 2.88. The van der Waals surface area contributed by atoms with Gasteiger partial charge in [-0.25, -0.2) is 0 Å². The molecule has 0 spiro atoms. The smallest absolute Gasteiger partial charge is 0.0236 e. The monoisotopic (exact) mass is 246 g/mol. The van der Waals surface area contributed by atoms with Crippen LogP contribution in [0.3, 0.4) is 0 Å². The van der Waals surface area contributed by atoms with E-state index in [2.05, 4.69) is 49.1 Å². The highest BCUT2D eigenvalue weighted by atomic mass is 15.2. The molecule has 0 radical (unpaired) electrons. The molecule has 2 atom stereocenters. The van der Waals surface area contributed by atoms with E-state index in [9.17, 15) is 0 Å². The van der Waals surface area contributed by atoms with Gasteiger partial charge < -0.3 is 5.73 Å². The molecule has 0 bridgehead atoms. The normalized spacial score (nSPS) is 24.9. The van der Waals surface area contributed by atoms with Gasteiger partial charge in [0.1, 0.15) is 0 Å². The summed E-state index contributed by atoms with van der Waals surface area (Å²) in [6.45, 7) is 7.83. The largest absolute Gasteiger partial charge is 0.330 e. The van der Waals surface area contributed by atoms with Crippen molar-refractivity contribution in [2.75, 3.05) is 13.1 Å². The van der Waals surface area contributed by atoms with E-state index in [0.717, 1.165) is 19.0 Å². The summed E-state index contributed by atoms with van der Waals surface area (Å²) >= 11 is 0. The lowest BCUT2D eigenvalue weighted by molar-refractivity contribution is 0.165. The number of hydrogen-bond acceptors (Lipinski definition) is 2. The van der Waals surface area contributed by atoms with Gasteiger partial charge in [0.25, 0.3) is 0 Å². The summed E-state index contributed by atoms with van der Waals surface area (Å²) in [6.07, 6.45) is 2.49. The van der Waals surface area contributed by atoms with Crippen LogP contribution in [0.5, 0.6) is 0 Å². The zero-order chi connectivity index (χ0) is 13.0. The van der Waals surface area contributed by atoms with Crippen molar-refractivity contribution in [2.24, 2.45) is 17.6 Å². The van der Waals surface area contributed by atoms with Crippen molar-refractivity contribution >= 4 is 0 Å². The zero-order valence-corrected chi connectivity index (χ0v) is 11.7. The van der Waals surface area contributed by atoms with E-state index in [0.29, 0.717) is 12.0 Å². The highest BCUT2D eigenvalue weighted by Gasteiger charge is 2.35. The Kier molecular flexibility index (Phi) is 4.79. The van der Waals surface area contributed by atoms with E-state index in [-0.39, 0.29) is 0 Å². The van der Waals surface area contributed by atoms with Crippen LogP contribution in [-0.2, 0) is 6.54 Å². The molecule has 2 unspecified atom stereocenters. The zero-order valence-electron chi connectivity index (χ0n) is 11.7. The Balaban J connectivity index is 2.04. The van der Waals surface area contributed by atoms with E-state index in [1.165, 1.54) is 24.9 Å². The molecular formula is C16H26N2. The number of hydrogen-bond donors (Lipinski definition) is 1. The molecule has 1 aromatic rings. The molecule has 1 aromatic carbocycles. The van der Waals surface area contributed by atoms with Gasteiger partial charge in [0.15, 0.2) is 0 Å². The van der Waals surface area contributed by atoms with Crippen LogP contribution in [0.2, 0.25) is 0 Å². The molecule has 0 aromatic heterocycles. The lowest BCUT2D eigenvalue weighted by Crippen LogP contribution is -2.37. The van der Waals surface area contributed by atoms with Crippen molar-refractivity contribution in [3.8, 4) is 0 Å². The van der Waals surface area contributed by atoms with E-state index >= 15 is 0 Å². The number of likely N-dealkylation sites (tertiary alicyclic amines) is 1. The van der Waals surface area contributed by atoms with Gasteiger partial charge >= 0.3 is 0 Å². The molecule has 1 aliphatic rings. The van der Waals surface area contributed by atoms with E-state index < -0.39 is 0 Å². The summed E-state index contributed by atoms with van der Waals surface area (Å²) in [5, 5.41) is 0. The minimum atomic E-state index is 0.703. The van der Waals surface area contributed by atoms with Crippen LogP contribution in [0.1, 0.15) is 32.3 Å². The first-order chi connectivity index (χ1) is 8.72. The van der Waals surface area contributed by atoms with Gasteiger partial charge in [-0.3, -0.25) is 4.90 Å². The average molecular weight is 246 g/mol. The Hall–Kier alpha value is -0.860. The molecular weight excluding hydrogens is 220 g/mol. The van der Waals surface area contributed by atoms with Gasteiger partial charge in [0.2, 0.25) is 0 Å². The van der Waals surface area contributed by atoms with E-state index in [4.69, 9.17) is 5.73 Å². The minimum Gasteiger partial charge on any atom is -0.330 e. The summed E-state index contributed by atoms with van der Waals surface area (Å²) in [5.41, 5.74) is 7.18. The van der Waals surface area contributed by atoms with E-state index in [1.807, 2.05) is 0 Å². The fraction of sp³-hybridized carbons (Fsp3) is 0.625. The third-order valence-corrected chi connectivity index (χ3v) is 4.14. The molecule has 18 heavy (non-hydrogen) atoms. The fourth-order valence-electron chi connectivity index (χ4n) is 3.45. The highest BCUT2D eigenvalue weighted by Crippen LogP contribution is 2.32. The molecule has 2 N–H and O–H groups in total. The van der Waals surface area contributed by atoms with Gasteiger partial charge in [-0.1, -0.05) is 44.2 Å². The maximum atomic E-state index is 5.75. The van der Waals surface area contributed by atoms with Crippen LogP contribution >= 0.6 is 0 Å². The topological polar surface area (TPSA) is 29.3 Å². The lowest BCUT2D eigenvalue weighted by atomic mass is 9.88. The Bertz CT molecular complexity index is 347. The molecule has 2 heteroatoms. The standard InChI is InChI=1S/C16H26N2/c1-13(2)16-15(8-10-17)9-11-18(16)12-14-6-4-3-5-7-14/h3-7,13,15-16H,8-12,17H2,1-2H3. The maximum absolute atomic E-state index is 5.75. The van der Waals surface area contributed by atoms with Crippen molar-refractivity contribution in [3.05, 3.63) is 35.9 Å². The van der Waals surface area contributed by atoms with Gasteiger partial charge in [0.05, 0.1) is 0 Å². The van der Waals surface area contributed by atoms with Crippen LogP contribution in [0, 0.1) is 11.8 Å². The van der Waals surface area contributed by atoms with Crippen LogP contribution in [-0.4, -0.2) is 24.0 Å². The molecule has 100 valence electrons. The second-order valence-corrected chi connectivity index (χ2v) is 5.82. The number of rotatable bonds is 5. The van der Waals surface area contributed by atoms with Crippen LogP contribution < -0.4 is 5.73 Å². The molecule has 0 aliphatic carbocycles. The summed E-state index contributed by atoms with van der Waals surface area (Å²) in [5.74, 6) is 1.51. The van der Waals surface area contributed by atoms with Crippen molar-refractivity contribution in [1.82, 2.24) is 4.90 Å². The van der Waals surface area contributed by atoms with Crippen molar-refractivity contribution in [3.63, 3.8) is 0 Å². The second-order valence-electron chi connectivity index (χ2n) is 5.82. The molecule has 0 amide bonds. The molecule has 2 nitrogen and oxygen atoms in total. The molecule has 1 heterocycles. The van der Waals surface area contributed by atoms with Crippen LogP contribution in [0.15, 0.2) is 30.3 Å². The number of benzene rings is 1. The van der Waals surface area contributed by atoms with Crippen molar-refractivity contribution in [1.29, 1.82) is 0 Å².